The molecule has 1 aliphatic rings. The Morgan fingerprint density at radius 3 is 2.53 bits per heavy atom. The van der Waals surface area contributed by atoms with Crippen molar-refractivity contribution < 1.29 is 14.3 Å². The molecular weight excluding hydrogens is 404 g/mol. The monoisotopic (exact) mass is 436 g/mol. The molecule has 0 saturated heterocycles. The number of nitrogens with zero attached hydrogens (tertiary/aromatic N) is 4. The van der Waals surface area contributed by atoms with Gasteiger partial charge in [-0.1, -0.05) is 25.8 Å². The SMILES string of the molecule is COc1ccc(CN(C(=O)CN(C)c2ccc(C#N)cn2)C2CCCCC2C)cc1OC. The summed E-state index contributed by atoms with van der Waals surface area (Å²) < 4.78 is 10.8. The van der Waals surface area contributed by atoms with Crippen molar-refractivity contribution in [1.82, 2.24) is 9.88 Å². The summed E-state index contributed by atoms with van der Waals surface area (Å²) in [5.41, 5.74) is 1.51. The molecule has 1 heterocycles. The van der Waals surface area contributed by atoms with E-state index >= 15 is 0 Å². The summed E-state index contributed by atoms with van der Waals surface area (Å²) in [5, 5.41) is 8.98. The number of carbonyl (C=O) groups excluding carboxylic acids is 1. The summed E-state index contributed by atoms with van der Waals surface area (Å²) in [5.74, 6) is 2.51. The molecule has 2 aromatic rings. The normalized spacial score (nSPS) is 17.8. The van der Waals surface area contributed by atoms with Crippen LogP contribution in [0.25, 0.3) is 0 Å². The molecule has 170 valence electrons. The molecular formula is C25H32N4O3. The van der Waals surface area contributed by atoms with Crippen molar-refractivity contribution in [3.05, 3.63) is 47.7 Å². The lowest BCUT2D eigenvalue weighted by atomic mass is 9.84. The van der Waals surface area contributed by atoms with Crippen molar-refractivity contribution in [2.75, 3.05) is 32.7 Å². The third-order valence-electron chi connectivity index (χ3n) is 6.23. The van der Waals surface area contributed by atoms with Crippen LogP contribution in [0.1, 0.15) is 43.7 Å². The second-order valence-corrected chi connectivity index (χ2v) is 8.41. The largest absolute Gasteiger partial charge is 0.493 e. The van der Waals surface area contributed by atoms with Gasteiger partial charge in [-0.2, -0.15) is 5.26 Å². The van der Waals surface area contributed by atoms with E-state index in [1.54, 1.807) is 26.4 Å². The van der Waals surface area contributed by atoms with Crippen LogP contribution in [0.2, 0.25) is 0 Å². The zero-order valence-corrected chi connectivity index (χ0v) is 19.4. The van der Waals surface area contributed by atoms with Gasteiger partial charge in [0.25, 0.3) is 0 Å². The molecule has 0 spiro atoms. The van der Waals surface area contributed by atoms with Gasteiger partial charge < -0.3 is 19.3 Å². The van der Waals surface area contributed by atoms with E-state index in [4.69, 9.17) is 14.7 Å². The average Bonchev–Trinajstić information content (AvgIpc) is 2.82. The Morgan fingerprint density at radius 2 is 1.91 bits per heavy atom. The zero-order chi connectivity index (χ0) is 23.1. The van der Waals surface area contributed by atoms with Crippen molar-refractivity contribution in [1.29, 1.82) is 5.26 Å². The summed E-state index contributed by atoms with van der Waals surface area (Å²) in [6.07, 6.45) is 6.02. The van der Waals surface area contributed by atoms with Crippen LogP contribution in [0.15, 0.2) is 36.5 Å². The van der Waals surface area contributed by atoms with Crippen LogP contribution in [0.5, 0.6) is 11.5 Å². The lowest BCUT2D eigenvalue weighted by Gasteiger charge is -2.39. The zero-order valence-electron chi connectivity index (χ0n) is 19.4. The van der Waals surface area contributed by atoms with Gasteiger partial charge in [0.15, 0.2) is 11.5 Å². The number of likely N-dealkylation sites (N-methyl/N-ethyl adjacent to an activating group) is 1. The minimum absolute atomic E-state index is 0.0622. The van der Waals surface area contributed by atoms with E-state index < -0.39 is 0 Å². The Hall–Kier alpha value is -3.27. The van der Waals surface area contributed by atoms with E-state index in [1.165, 1.54) is 12.6 Å². The van der Waals surface area contributed by atoms with Gasteiger partial charge in [-0.25, -0.2) is 4.98 Å². The number of carbonyl (C=O) groups is 1. The predicted octanol–water partition coefficient (Wildman–Crippen LogP) is 4.01. The highest BCUT2D eigenvalue weighted by Gasteiger charge is 2.31. The Morgan fingerprint density at radius 1 is 1.16 bits per heavy atom. The molecule has 1 amide bonds. The molecule has 0 N–H and O–H groups in total. The highest BCUT2D eigenvalue weighted by atomic mass is 16.5. The molecule has 3 rings (SSSR count). The number of ether oxygens (including phenoxy) is 2. The molecule has 0 radical (unpaired) electrons. The van der Waals surface area contributed by atoms with E-state index in [9.17, 15) is 4.79 Å². The maximum Gasteiger partial charge on any atom is 0.242 e. The molecule has 1 aromatic carbocycles. The highest BCUT2D eigenvalue weighted by molar-refractivity contribution is 5.81. The first-order valence-electron chi connectivity index (χ1n) is 11.0. The number of hydrogen-bond acceptors (Lipinski definition) is 6. The van der Waals surface area contributed by atoms with Crippen LogP contribution >= 0.6 is 0 Å². The number of aromatic nitrogens is 1. The molecule has 1 fully saturated rings. The topological polar surface area (TPSA) is 78.7 Å². The van der Waals surface area contributed by atoms with Gasteiger partial charge in [-0.3, -0.25) is 4.79 Å². The third-order valence-corrected chi connectivity index (χ3v) is 6.23. The smallest absolute Gasteiger partial charge is 0.242 e. The van der Waals surface area contributed by atoms with Gasteiger partial charge in [0.1, 0.15) is 11.9 Å². The van der Waals surface area contributed by atoms with E-state index in [1.807, 2.05) is 35.0 Å². The molecule has 0 bridgehead atoms. The number of nitriles is 1. The third kappa shape index (κ3) is 5.50. The van der Waals surface area contributed by atoms with Gasteiger partial charge in [0, 0.05) is 25.8 Å². The molecule has 2 unspecified atom stereocenters. The lowest BCUT2D eigenvalue weighted by Crippen LogP contribution is -2.48. The van der Waals surface area contributed by atoms with E-state index in [0.717, 1.165) is 24.8 Å². The average molecular weight is 437 g/mol. The Bertz CT molecular complexity index is 955. The van der Waals surface area contributed by atoms with E-state index in [2.05, 4.69) is 18.0 Å². The second kappa shape index (κ2) is 10.9. The maximum absolute atomic E-state index is 13.5. The molecule has 7 nitrogen and oxygen atoms in total. The maximum atomic E-state index is 13.5. The quantitative estimate of drug-likeness (QED) is 0.622. The molecule has 1 saturated carbocycles. The Balaban J connectivity index is 1.81. The van der Waals surface area contributed by atoms with E-state index in [0.29, 0.717) is 35.3 Å². The number of anilines is 1. The fourth-order valence-corrected chi connectivity index (χ4v) is 4.38. The number of hydrogen-bond donors (Lipinski definition) is 0. The summed E-state index contributed by atoms with van der Waals surface area (Å²) in [6.45, 7) is 2.98. The summed E-state index contributed by atoms with van der Waals surface area (Å²) in [7, 11) is 5.09. The standard InChI is InChI=1S/C25H32N4O3/c1-18-7-5-6-8-21(18)29(16-19-9-11-22(31-3)23(13-19)32-4)25(30)17-28(2)24-12-10-20(14-26)15-27-24/h9-13,15,18,21H,5-8,16-17H2,1-4H3. The lowest BCUT2D eigenvalue weighted by molar-refractivity contribution is -0.134. The van der Waals surface area contributed by atoms with Gasteiger partial charge in [-0.05, 0) is 48.6 Å². The molecule has 2 atom stereocenters. The fourth-order valence-electron chi connectivity index (χ4n) is 4.38. The van der Waals surface area contributed by atoms with E-state index in [-0.39, 0.29) is 18.5 Å². The minimum Gasteiger partial charge on any atom is -0.493 e. The van der Waals surface area contributed by atoms with Crippen molar-refractivity contribution in [3.63, 3.8) is 0 Å². The van der Waals surface area contributed by atoms with Gasteiger partial charge in [-0.15, -0.1) is 0 Å². The summed E-state index contributed by atoms with van der Waals surface area (Å²) in [4.78, 5) is 21.7. The number of rotatable bonds is 8. The second-order valence-electron chi connectivity index (χ2n) is 8.41. The fraction of sp³-hybridized carbons (Fsp3) is 0.480. The van der Waals surface area contributed by atoms with Gasteiger partial charge >= 0.3 is 0 Å². The highest BCUT2D eigenvalue weighted by Crippen LogP contribution is 2.32. The summed E-state index contributed by atoms with van der Waals surface area (Å²) >= 11 is 0. The van der Waals surface area contributed by atoms with Crippen LogP contribution < -0.4 is 14.4 Å². The van der Waals surface area contributed by atoms with Crippen molar-refractivity contribution in [2.45, 2.75) is 45.2 Å². The molecule has 1 aromatic heterocycles. The first-order chi connectivity index (χ1) is 15.5. The molecule has 7 heteroatoms. The van der Waals surface area contributed by atoms with Crippen molar-refractivity contribution >= 4 is 11.7 Å². The number of amides is 1. The molecule has 1 aliphatic carbocycles. The molecule has 0 aliphatic heterocycles. The number of benzene rings is 1. The summed E-state index contributed by atoms with van der Waals surface area (Å²) in [6, 6.07) is 11.6. The van der Waals surface area contributed by atoms with Crippen LogP contribution in [0, 0.1) is 17.2 Å². The first kappa shape index (κ1) is 23.4. The minimum atomic E-state index is 0.0622. The predicted molar refractivity (Wildman–Crippen MR) is 124 cm³/mol. The Labute approximate surface area is 190 Å². The van der Waals surface area contributed by atoms with Crippen LogP contribution in [0.4, 0.5) is 5.82 Å². The van der Waals surface area contributed by atoms with Crippen LogP contribution in [-0.2, 0) is 11.3 Å². The molecule has 32 heavy (non-hydrogen) atoms. The number of pyridine rings is 1. The van der Waals surface area contributed by atoms with Gasteiger partial charge in [0.2, 0.25) is 5.91 Å². The Kier molecular flexibility index (Phi) is 7.93. The van der Waals surface area contributed by atoms with Crippen molar-refractivity contribution in [3.8, 4) is 17.6 Å². The number of methoxy groups -OCH3 is 2. The first-order valence-corrected chi connectivity index (χ1v) is 11.0. The van der Waals surface area contributed by atoms with Crippen LogP contribution in [-0.4, -0.2) is 49.6 Å². The van der Waals surface area contributed by atoms with Crippen LogP contribution in [0.3, 0.4) is 0 Å². The van der Waals surface area contributed by atoms with Crippen molar-refractivity contribution in [2.24, 2.45) is 5.92 Å². The van der Waals surface area contributed by atoms with Gasteiger partial charge in [0.05, 0.1) is 26.3 Å².